The summed E-state index contributed by atoms with van der Waals surface area (Å²) in [6.07, 6.45) is 0. The van der Waals surface area contributed by atoms with Gasteiger partial charge in [0.1, 0.15) is 5.82 Å². The lowest BCUT2D eigenvalue weighted by molar-refractivity contribution is 0.528. The van der Waals surface area contributed by atoms with E-state index in [1.165, 1.54) is 11.8 Å². The SMILES string of the molecule is Cc1nnc(SCc2nnc(-c3ccccc3)o2)n1C. The van der Waals surface area contributed by atoms with Gasteiger partial charge < -0.3 is 8.98 Å². The first-order chi connectivity index (χ1) is 9.74. The highest BCUT2D eigenvalue weighted by atomic mass is 32.2. The predicted molar refractivity (Wildman–Crippen MR) is 75.0 cm³/mol. The van der Waals surface area contributed by atoms with Crippen LogP contribution in [0.4, 0.5) is 0 Å². The van der Waals surface area contributed by atoms with Crippen LogP contribution in [0.2, 0.25) is 0 Å². The standard InChI is InChI=1S/C13H13N5OS/c1-9-14-17-13(18(9)2)20-8-11-15-16-12(19-11)10-6-4-3-5-7-10/h3-7H,8H2,1-2H3. The first-order valence-electron chi connectivity index (χ1n) is 6.10. The Morgan fingerprint density at radius 2 is 1.90 bits per heavy atom. The van der Waals surface area contributed by atoms with Crippen LogP contribution in [0.25, 0.3) is 11.5 Å². The van der Waals surface area contributed by atoms with Crippen LogP contribution in [-0.4, -0.2) is 25.0 Å². The number of thioether (sulfide) groups is 1. The zero-order valence-corrected chi connectivity index (χ0v) is 12.0. The zero-order chi connectivity index (χ0) is 13.9. The average molecular weight is 287 g/mol. The first-order valence-corrected chi connectivity index (χ1v) is 7.09. The molecule has 0 saturated heterocycles. The molecule has 0 spiro atoms. The van der Waals surface area contributed by atoms with Gasteiger partial charge in [-0.3, -0.25) is 0 Å². The fraction of sp³-hybridized carbons (Fsp3) is 0.231. The van der Waals surface area contributed by atoms with Gasteiger partial charge in [0.25, 0.3) is 0 Å². The van der Waals surface area contributed by atoms with Crippen molar-refractivity contribution in [3.05, 3.63) is 42.0 Å². The molecule has 0 N–H and O–H groups in total. The molecule has 6 nitrogen and oxygen atoms in total. The van der Waals surface area contributed by atoms with E-state index in [2.05, 4.69) is 20.4 Å². The van der Waals surface area contributed by atoms with Crippen LogP contribution in [0.5, 0.6) is 0 Å². The molecule has 2 aromatic heterocycles. The molecular weight excluding hydrogens is 274 g/mol. The summed E-state index contributed by atoms with van der Waals surface area (Å²) in [5, 5.41) is 17.0. The van der Waals surface area contributed by atoms with Gasteiger partial charge in [0.2, 0.25) is 11.8 Å². The number of aryl methyl sites for hydroxylation is 1. The second kappa shape index (κ2) is 5.46. The minimum Gasteiger partial charge on any atom is -0.420 e. The van der Waals surface area contributed by atoms with E-state index in [1.807, 2.05) is 48.9 Å². The van der Waals surface area contributed by atoms with E-state index in [-0.39, 0.29) is 0 Å². The monoisotopic (exact) mass is 287 g/mol. The first kappa shape index (κ1) is 12.9. The number of rotatable bonds is 4. The lowest BCUT2D eigenvalue weighted by Gasteiger charge is -1.98. The molecule has 102 valence electrons. The molecule has 3 aromatic rings. The summed E-state index contributed by atoms with van der Waals surface area (Å²) in [4.78, 5) is 0. The summed E-state index contributed by atoms with van der Waals surface area (Å²) in [6, 6.07) is 9.71. The number of hydrogen-bond acceptors (Lipinski definition) is 6. The van der Waals surface area contributed by atoms with Gasteiger partial charge in [0.05, 0.1) is 5.75 Å². The maximum atomic E-state index is 5.64. The molecule has 3 rings (SSSR count). The van der Waals surface area contributed by atoms with E-state index < -0.39 is 0 Å². The van der Waals surface area contributed by atoms with Crippen LogP contribution < -0.4 is 0 Å². The Kier molecular flexibility index (Phi) is 3.51. The van der Waals surface area contributed by atoms with Crippen molar-refractivity contribution in [1.29, 1.82) is 0 Å². The lowest BCUT2D eigenvalue weighted by Crippen LogP contribution is -1.93. The quantitative estimate of drug-likeness (QED) is 0.687. The normalized spacial score (nSPS) is 10.9. The Balaban J connectivity index is 1.70. The molecule has 0 aliphatic heterocycles. The molecule has 0 atom stereocenters. The molecule has 20 heavy (non-hydrogen) atoms. The molecule has 0 fully saturated rings. The summed E-state index contributed by atoms with van der Waals surface area (Å²) in [5.74, 6) is 2.57. The van der Waals surface area contributed by atoms with Crippen LogP contribution in [-0.2, 0) is 12.8 Å². The molecule has 0 radical (unpaired) electrons. The maximum absolute atomic E-state index is 5.64. The van der Waals surface area contributed by atoms with E-state index in [9.17, 15) is 0 Å². The Bertz CT molecular complexity index is 707. The Morgan fingerprint density at radius 3 is 2.60 bits per heavy atom. The third-order valence-corrected chi connectivity index (χ3v) is 3.87. The smallest absolute Gasteiger partial charge is 0.247 e. The van der Waals surface area contributed by atoms with E-state index in [4.69, 9.17) is 4.42 Å². The number of benzene rings is 1. The summed E-state index contributed by atoms with van der Waals surface area (Å²) in [5.41, 5.74) is 0.922. The van der Waals surface area contributed by atoms with E-state index in [1.54, 1.807) is 0 Å². The van der Waals surface area contributed by atoms with Gasteiger partial charge in [0, 0.05) is 12.6 Å². The molecule has 7 heteroatoms. The molecule has 0 amide bonds. The Hall–Kier alpha value is -2.15. The number of nitrogens with zero attached hydrogens (tertiary/aromatic N) is 5. The van der Waals surface area contributed by atoms with Crippen molar-refractivity contribution in [2.24, 2.45) is 7.05 Å². The van der Waals surface area contributed by atoms with Crippen molar-refractivity contribution < 1.29 is 4.42 Å². The number of aromatic nitrogens is 5. The van der Waals surface area contributed by atoms with E-state index >= 15 is 0 Å². The van der Waals surface area contributed by atoms with Crippen molar-refractivity contribution >= 4 is 11.8 Å². The highest BCUT2D eigenvalue weighted by Crippen LogP contribution is 2.23. The Labute approximate surface area is 120 Å². The number of hydrogen-bond donors (Lipinski definition) is 0. The lowest BCUT2D eigenvalue weighted by atomic mass is 10.2. The van der Waals surface area contributed by atoms with Crippen LogP contribution in [0.1, 0.15) is 11.7 Å². The van der Waals surface area contributed by atoms with Crippen molar-refractivity contribution in [1.82, 2.24) is 25.0 Å². The van der Waals surface area contributed by atoms with E-state index in [0.717, 1.165) is 16.5 Å². The third-order valence-electron chi connectivity index (χ3n) is 2.86. The summed E-state index contributed by atoms with van der Waals surface area (Å²) < 4.78 is 7.57. The summed E-state index contributed by atoms with van der Waals surface area (Å²) in [6.45, 7) is 1.91. The van der Waals surface area contributed by atoms with Gasteiger partial charge in [-0.25, -0.2) is 0 Å². The van der Waals surface area contributed by atoms with Gasteiger partial charge in [-0.05, 0) is 19.1 Å². The van der Waals surface area contributed by atoms with Crippen LogP contribution >= 0.6 is 11.8 Å². The van der Waals surface area contributed by atoms with Gasteiger partial charge in [-0.15, -0.1) is 20.4 Å². The highest BCUT2D eigenvalue weighted by Gasteiger charge is 2.11. The minimum absolute atomic E-state index is 0.537. The van der Waals surface area contributed by atoms with Crippen molar-refractivity contribution in [2.45, 2.75) is 17.8 Å². The molecule has 0 bridgehead atoms. The van der Waals surface area contributed by atoms with Crippen molar-refractivity contribution in [3.8, 4) is 11.5 Å². The molecule has 0 aliphatic carbocycles. The molecule has 1 aromatic carbocycles. The molecule has 0 saturated carbocycles. The second-order valence-electron chi connectivity index (χ2n) is 4.24. The maximum Gasteiger partial charge on any atom is 0.247 e. The highest BCUT2D eigenvalue weighted by molar-refractivity contribution is 7.98. The Morgan fingerprint density at radius 1 is 1.10 bits per heavy atom. The average Bonchev–Trinajstić information content (AvgIpc) is 3.07. The second-order valence-corrected chi connectivity index (χ2v) is 5.19. The van der Waals surface area contributed by atoms with E-state index in [0.29, 0.717) is 17.5 Å². The largest absolute Gasteiger partial charge is 0.420 e. The van der Waals surface area contributed by atoms with Gasteiger partial charge >= 0.3 is 0 Å². The van der Waals surface area contributed by atoms with Crippen LogP contribution in [0.3, 0.4) is 0 Å². The third kappa shape index (κ3) is 2.57. The fourth-order valence-corrected chi connectivity index (χ4v) is 2.44. The minimum atomic E-state index is 0.537. The zero-order valence-electron chi connectivity index (χ0n) is 11.1. The predicted octanol–water partition coefficient (Wildman–Crippen LogP) is 2.47. The summed E-state index contributed by atoms with van der Waals surface area (Å²) in [7, 11) is 1.93. The van der Waals surface area contributed by atoms with Crippen molar-refractivity contribution in [3.63, 3.8) is 0 Å². The molecule has 2 heterocycles. The summed E-state index contributed by atoms with van der Waals surface area (Å²) >= 11 is 1.52. The van der Waals surface area contributed by atoms with Gasteiger partial charge in [-0.2, -0.15) is 0 Å². The fourth-order valence-electron chi connectivity index (χ4n) is 1.65. The molecule has 0 unspecified atom stereocenters. The van der Waals surface area contributed by atoms with Crippen molar-refractivity contribution in [2.75, 3.05) is 0 Å². The molecule has 0 aliphatic rings. The molecular formula is C13H13N5OS. The topological polar surface area (TPSA) is 69.6 Å². The van der Waals surface area contributed by atoms with Gasteiger partial charge in [-0.1, -0.05) is 30.0 Å². The van der Waals surface area contributed by atoms with Crippen LogP contribution in [0, 0.1) is 6.92 Å². The van der Waals surface area contributed by atoms with Crippen LogP contribution in [0.15, 0.2) is 39.9 Å². The van der Waals surface area contributed by atoms with Gasteiger partial charge in [0.15, 0.2) is 5.16 Å².